The van der Waals surface area contributed by atoms with Crippen LogP contribution < -0.4 is 5.32 Å². The quantitative estimate of drug-likeness (QED) is 0.655. The van der Waals surface area contributed by atoms with Crippen molar-refractivity contribution in [3.8, 4) is 0 Å². The van der Waals surface area contributed by atoms with Crippen LogP contribution in [0.1, 0.15) is 29.5 Å². The topological polar surface area (TPSA) is 102 Å². The van der Waals surface area contributed by atoms with Gasteiger partial charge in [0, 0.05) is 0 Å². The molecule has 3 aromatic rings. The van der Waals surface area contributed by atoms with Crippen molar-refractivity contribution < 1.29 is 17.6 Å². The highest BCUT2D eigenvalue weighted by Gasteiger charge is 2.13. The summed E-state index contributed by atoms with van der Waals surface area (Å²) in [6, 6.07) is 14.3. The van der Waals surface area contributed by atoms with Crippen LogP contribution in [-0.2, 0) is 27.5 Å². The number of nitrogens with one attached hydrogen (secondary N) is 1. The summed E-state index contributed by atoms with van der Waals surface area (Å²) in [5.41, 5.74) is 2.89. The second kappa shape index (κ2) is 8.35. The van der Waals surface area contributed by atoms with Crippen molar-refractivity contribution in [3.63, 3.8) is 0 Å². The number of aromatic nitrogens is 2. The molecule has 0 aliphatic carbocycles. The summed E-state index contributed by atoms with van der Waals surface area (Å²) in [6.45, 7) is 3.61. The van der Waals surface area contributed by atoms with Gasteiger partial charge >= 0.3 is 6.01 Å². The molecule has 28 heavy (non-hydrogen) atoms. The molecule has 1 heterocycles. The van der Waals surface area contributed by atoms with Crippen LogP contribution in [0.25, 0.3) is 0 Å². The SMILES string of the molecule is CCS(=O)(=O)c1ccc(CC(=O)Nc2nnc(Cc3ccc(C)cc3)o2)cc1. The van der Waals surface area contributed by atoms with Crippen molar-refractivity contribution in [1.29, 1.82) is 0 Å². The van der Waals surface area contributed by atoms with Gasteiger partial charge in [-0.1, -0.05) is 54.0 Å². The predicted octanol–water partition coefficient (Wildman–Crippen LogP) is 2.94. The molecule has 3 rings (SSSR count). The third kappa shape index (κ3) is 5.04. The van der Waals surface area contributed by atoms with Crippen LogP contribution in [0.15, 0.2) is 57.8 Å². The molecule has 0 radical (unpaired) electrons. The maximum atomic E-state index is 12.2. The predicted molar refractivity (Wildman–Crippen MR) is 105 cm³/mol. The van der Waals surface area contributed by atoms with Crippen LogP contribution in [0.3, 0.4) is 0 Å². The number of rotatable bonds is 7. The van der Waals surface area contributed by atoms with Gasteiger partial charge in [-0.05, 0) is 30.2 Å². The molecular formula is C20H21N3O4S. The number of carbonyl (C=O) groups is 1. The van der Waals surface area contributed by atoms with E-state index in [0.717, 1.165) is 5.56 Å². The molecule has 0 saturated heterocycles. The number of amides is 1. The molecule has 0 aliphatic heterocycles. The lowest BCUT2D eigenvalue weighted by Crippen LogP contribution is -2.14. The first kappa shape index (κ1) is 19.8. The Kier molecular flexibility index (Phi) is 5.89. The Labute approximate surface area is 163 Å². The molecule has 0 spiro atoms. The smallest absolute Gasteiger partial charge is 0.322 e. The average molecular weight is 399 g/mol. The number of sulfone groups is 1. The van der Waals surface area contributed by atoms with E-state index < -0.39 is 9.84 Å². The first-order valence-electron chi connectivity index (χ1n) is 8.85. The molecular weight excluding hydrogens is 378 g/mol. The van der Waals surface area contributed by atoms with Crippen molar-refractivity contribution in [3.05, 3.63) is 71.1 Å². The van der Waals surface area contributed by atoms with Crippen LogP contribution in [0, 0.1) is 6.92 Å². The third-order valence-electron chi connectivity index (χ3n) is 4.22. The van der Waals surface area contributed by atoms with Crippen LogP contribution in [0.5, 0.6) is 0 Å². The summed E-state index contributed by atoms with van der Waals surface area (Å²) < 4.78 is 29.1. The zero-order chi connectivity index (χ0) is 20.1. The zero-order valence-electron chi connectivity index (χ0n) is 15.7. The summed E-state index contributed by atoms with van der Waals surface area (Å²) in [5.74, 6) is 0.125. The van der Waals surface area contributed by atoms with Crippen molar-refractivity contribution in [2.45, 2.75) is 31.6 Å². The zero-order valence-corrected chi connectivity index (χ0v) is 16.5. The fourth-order valence-corrected chi connectivity index (χ4v) is 3.47. The van der Waals surface area contributed by atoms with E-state index in [9.17, 15) is 13.2 Å². The molecule has 7 nitrogen and oxygen atoms in total. The highest BCUT2D eigenvalue weighted by atomic mass is 32.2. The van der Waals surface area contributed by atoms with Gasteiger partial charge < -0.3 is 4.42 Å². The van der Waals surface area contributed by atoms with Crippen molar-refractivity contribution >= 4 is 21.8 Å². The Hall–Kier alpha value is -3.00. The minimum Gasteiger partial charge on any atom is -0.407 e. The normalized spacial score (nSPS) is 11.4. The summed E-state index contributed by atoms with van der Waals surface area (Å²) in [7, 11) is -3.25. The average Bonchev–Trinajstić information content (AvgIpc) is 3.10. The van der Waals surface area contributed by atoms with Gasteiger partial charge in [0.15, 0.2) is 9.84 Å². The van der Waals surface area contributed by atoms with E-state index in [2.05, 4.69) is 15.5 Å². The highest BCUT2D eigenvalue weighted by Crippen LogP contribution is 2.15. The monoisotopic (exact) mass is 399 g/mol. The minimum absolute atomic E-state index is 0.0366. The van der Waals surface area contributed by atoms with E-state index in [1.54, 1.807) is 19.1 Å². The second-order valence-corrected chi connectivity index (χ2v) is 8.71. The molecule has 0 bridgehead atoms. The number of anilines is 1. The third-order valence-corrected chi connectivity index (χ3v) is 5.97. The lowest BCUT2D eigenvalue weighted by Gasteiger charge is -2.04. The van der Waals surface area contributed by atoms with Gasteiger partial charge in [0.25, 0.3) is 0 Å². The van der Waals surface area contributed by atoms with E-state index in [-0.39, 0.29) is 29.0 Å². The molecule has 0 atom stereocenters. The molecule has 0 unspecified atom stereocenters. The number of carbonyl (C=O) groups excluding carboxylic acids is 1. The molecule has 2 aromatic carbocycles. The Bertz CT molecular complexity index is 1060. The molecule has 0 fully saturated rings. The van der Waals surface area contributed by atoms with Gasteiger partial charge in [0.05, 0.1) is 23.5 Å². The lowest BCUT2D eigenvalue weighted by atomic mass is 10.1. The van der Waals surface area contributed by atoms with Crippen LogP contribution in [0.2, 0.25) is 0 Å². The van der Waals surface area contributed by atoms with Gasteiger partial charge in [-0.2, -0.15) is 0 Å². The number of nitrogens with zero attached hydrogens (tertiary/aromatic N) is 2. The van der Waals surface area contributed by atoms with E-state index in [1.807, 2.05) is 31.2 Å². The number of hydrogen-bond donors (Lipinski definition) is 1. The van der Waals surface area contributed by atoms with E-state index in [0.29, 0.717) is 17.9 Å². The summed E-state index contributed by atoms with van der Waals surface area (Å²) in [6.07, 6.45) is 0.554. The fraction of sp³-hybridized carbons (Fsp3) is 0.250. The second-order valence-electron chi connectivity index (χ2n) is 6.44. The Balaban J connectivity index is 1.58. The Morgan fingerprint density at radius 1 is 1.00 bits per heavy atom. The molecule has 8 heteroatoms. The molecule has 1 aromatic heterocycles. The van der Waals surface area contributed by atoms with E-state index >= 15 is 0 Å². The van der Waals surface area contributed by atoms with Crippen LogP contribution in [-0.4, -0.2) is 30.3 Å². The van der Waals surface area contributed by atoms with Crippen molar-refractivity contribution in [2.75, 3.05) is 11.1 Å². The first-order chi connectivity index (χ1) is 13.4. The molecule has 146 valence electrons. The first-order valence-corrected chi connectivity index (χ1v) is 10.5. The fourth-order valence-electron chi connectivity index (χ4n) is 2.59. The van der Waals surface area contributed by atoms with Gasteiger partial charge in [-0.15, -0.1) is 5.10 Å². The molecule has 1 N–H and O–H groups in total. The minimum atomic E-state index is -3.25. The summed E-state index contributed by atoms with van der Waals surface area (Å²) in [5, 5.41) is 10.3. The maximum Gasteiger partial charge on any atom is 0.322 e. The van der Waals surface area contributed by atoms with E-state index in [4.69, 9.17) is 4.42 Å². The van der Waals surface area contributed by atoms with Gasteiger partial charge in [0.2, 0.25) is 11.8 Å². The van der Waals surface area contributed by atoms with Gasteiger partial charge in [-0.3, -0.25) is 10.1 Å². The van der Waals surface area contributed by atoms with Crippen LogP contribution >= 0.6 is 0 Å². The summed E-state index contributed by atoms with van der Waals surface area (Å²) >= 11 is 0. The number of hydrogen-bond acceptors (Lipinski definition) is 6. The number of aryl methyl sites for hydroxylation is 1. The Morgan fingerprint density at radius 3 is 2.29 bits per heavy atom. The highest BCUT2D eigenvalue weighted by molar-refractivity contribution is 7.91. The van der Waals surface area contributed by atoms with Crippen LogP contribution in [0.4, 0.5) is 6.01 Å². The molecule has 1 amide bonds. The lowest BCUT2D eigenvalue weighted by molar-refractivity contribution is -0.115. The van der Waals surface area contributed by atoms with Gasteiger partial charge in [0.1, 0.15) is 0 Å². The largest absolute Gasteiger partial charge is 0.407 e. The molecule has 0 saturated carbocycles. The summed E-state index contributed by atoms with van der Waals surface area (Å²) in [4.78, 5) is 12.4. The van der Waals surface area contributed by atoms with Crippen molar-refractivity contribution in [2.24, 2.45) is 0 Å². The maximum absolute atomic E-state index is 12.2. The van der Waals surface area contributed by atoms with Gasteiger partial charge in [-0.25, -0.2) is 8.42 Å². The number of benzene rings is 2. The van der Waals surface area contributed by atoms with E-state index in [1.165, 1.54) is 17.7 Å². The van der Waals surface area contributed by atoms with Crippen molar-refractivity contribution in [1.82, 2.24) is 10.2 Å². The molecule has 0 aliphatic rings. The Morgan fingerprint density at radius 2 is 1.64 bits per heavy atom. The standard InChI is InChI=1S/C20H21N3O4S/c1-3-28(25,26)17-10-8-15(9-11-17)12-18(24)21-20-23-22-19(27-20)13-16-6-4-14(2)5-7-16/h4-11H,3,12-13H2,1-2H3,(H,21,23,24).